The number of rotatable bonds is 7. The number of ether oxygens (including phenoxy) is 1. The summed E-state index contributed by atoms with van der Waals surface area (Å²) in [4.78, 5) is 17.9. The maximum atomic E-state index is 12.5. The Kier molecular flexibility index (Phi) is 6.72. The molecule has 0 aliphatic carbocycles. The Morgan fingerprint density at radius 2 is 2.07 bits per heavy atom. The fraction of sp³-hybridized carbons (Fsp3) is 0.391. The molecule has 1 aliphatic heterocycles. The number of morpholine rings is 1. The quantitative estimate of drug-likeness (QED) is 0.577. The lowest BCUT2D eigenvalue weighted by Gasteiger charge is -2.35. The summed E-state index contributed by atoms with van der Waals surface area (Å²) in [5, 5.41) is 2.99. The van der Waals surface area contributed by atoms with Crippen LogP contribution in [0.25, 0.3) is 5.65 Å². The molecule has 0 bridgehead atoms. The van der Waals surface area contributed by atoms with E-state index in [9.17, 15) is 4.79 Å². The fourth-order valence-corrected chi connectivity index (χ4v) is 4.80. The summed E-state index contributed by atoms with van der Waals surface area (Å²) < 4.78 is 10.3. The van der Waals surface area contributed by atoms with Gasteiger partial charge in [0.05, 0.1) is 17.8 Å². The van der Waals surface area contributed by atoms with Crippen molar-refractivity contribution >= 4 is 23.5 Å². The largest absolute Gasteiger partial charge is 0.373 e. The first-order valence-corrected chi connectivity index (χ1v) is 11.3. The monoisotopic (exact) mass is 424 g/mol. The number of imidazole rings is 1. The highest BCUT2D eigenvalue weighted by atomic mass is 32.2. The first-order valence-electron chi connectivity index (χ1n) is 10.5. The van der Waals surface area contributed by atoms with Gasteiger partial charge in [-0.05, 0) is 55.1 Å². The van der Waals surface area contributed by atoms with E-state index in [0.717, 1.165) is 37.1 Å². The van der Waals surface area contributed by atoms with Crippen molar-refractivity contribution in [3.8, 4) is 0 Å². The first kappa shape index (κ1) is 20.9. The van der Waals surface area contributed by atoms with Gasteiger partial charge in [0.25, 0.3) is 5.91 Å². The van der Waals surface area contributed by atoms with E-state index in [1.54, 1.807) is 30.4 Å². The van der Waals surface area contributed by atoms with Crippen LogP contribution in [0, 0.1) is 0 Å². The van der Waals surface area contributed by atoms with E-state index >= 15 is 0 Å². The van der Waals surface area contributed by atoms with Gasteiger partial charge in [-0.3, -0.25) is 4.79 Å². The molecule has 1 N–H and O–H groups in total. The van der Waals surface area contributed by atoms with Crippen molar-refractivity contribution in [3.05, 3.63) is 66.1 Å². The molecular weight excluding hydrogens is 396 g/mol. The van der Waals surface area contributed by atoms with Gasteiger partial charge in [-0.15, -0.1) is 0 Å². The van der Waals surface area contributed by atoms with Crippen molar-refractivity contribution in [2.75, 3.05) is 13.1 Å². The van der Waals surface area contributed by atoms with Crippen LogP contribution in [0.3, 0.4) is 0 Å². The van der Waals surface area contributed by atoms with E-state index < -0.39 is 0 Å². The molecule has 1 fully saturated rings. The van der Waals surface area contributed by atoms with Crippen LogP contribution in [0.2, 0.25) is 0 Å². The lowest BCUT2D eigenvalue weighted by Crippen LogP contribution is -2.43. The molecule has 1 amide bonds. The van der Waals surface area contributed by atoms with E-state index in [1.165, 1.54) is 4.90 Å². The molecule has 1 saturated heterocycles. The van der Waals surface area contributed by atoms with E-state index in [-0.39, 0.29) is 12.0 Å². The SMILES string of the molecule is CCCC1CN(Sc2ccc(CNC(=O)c3ccc4nccn4c3)cc2)CC(C)O1. The molecule has 0 saturated carbocycles. The number of fused-ring (bicyclic) bond motifs is 1. The summed E-state index contributed by atoms with van der Waals surface area (Å²) in [7, 11) is 0. The number of nitrogens with one attached hydrogen (secondary N) is 1. The van der Waals surface area contributed by atoms with E-state index in [0.29, 0.717) is 18.2 Å². The number of carbonyl (C=O) groups is 1. The number of carbonyl (C=O) groups excluding carboxylic acids is 1. The highest BCUT2D eigenvalue weighted by Crippen LogP contribution is 2.27. The Hall–Kier alpha value is -2.35. The van der Waals surface area contributed by atoms with Crippen molar-refractivity contribution < 1.29 is 9.53 Å². The second-order valence-corrected chi connectivity index (χ2v) is 8.90. The van der Waals surface area contributed by atoms with Gasteiger partial charge < -0.3 is 14.5 Å². The Bertz CT molecular complexity index is 988. The number of pyridine rings is 1. The van der Waals surface area contributed by atoms with Gasteiger partial charge in [-0.25, -0.2) is 9.29 Å². The van der Waals surface area contributed by atoms with Crippen molar-refractivity contribution in [2.24, 2.45) is 0 Å². The van der Waals surface area contributed by atoms with E-state index in [4.69, 9.17) is 4.74 Å². The maximum Gasteiger partial charge on any atom is 0.253 e. The van der Waals surface area contributed by atoms with Crippen molar-refractivity contribution in [3.63, 3.8) is 0 Å². The Labute approximate surface area is 181 Å². The third-order valence-corrected chi connectivity index (χ3v) is 6.20. The smallest absolute Gasteiger partial charge is 0.253 e. The predicted molar refractivity (Wildman–Crippen MR) is 119 cm³/mol. The zero-order valence-electron chi connectivity index (χ0n) is 17.5. The third kappa shape index (κ3) is 5.22. The topological polar surface area (TPSA) is 58.9 Å². The summed E-state index contributed by atoms with van der Waals surface area (Å²) in [6, 6.07) is 12.0. The van der Waals surface area contributed by atoms with Gasteiger partial charge in [0, 0.05) is 43.1 Å². The van der Waals surface area contributed by atoms with Gasteiger partial charge in [0.2, 0.25) is 0 Å². The number of amides is 1. The van der Waals surface area contributed by atoms with Gasteiger partial charge in [-0.1, -0.05) is 25.5 Å². The zero-order chi connectivity index (χ0) is 20.9. The predicted octanol–water partition coefficient (Wildman–Crippen LogP) is 4.16. The summed E-state index contributed by atoms with van der Waals surface area (Å²) in [6.07, 6.45) is 8.19. The molecule has 3 aromatic rings. The van der Waals surface area contributed by atoms with Gasteiger partial charge in [-0.2, -0.15) is 0 Å². The van der Waals surface area contributed by atoms with Gasteiger partial charge in [0.1, 0.15) is 5.65 Å². The van der Waals surface area contributed by atoms with Crippen LogP contribution in [0.5, 0.6) is 0 Å². The van der Waals surface area contributed by atoms with Crippen LogP contribution in [-0.4, -0.2) is 44.9 Å². The lowest BCUT2D eigenvalue weighted by atomic mass is 10.1. The molecule has 4 rings (SSSR count). The molecule has 2 unspecified atom stereocenters. The minimum absolute atomic E-state index is 0.0895. The van der Waals surface area contributed by atoms with E-state index in [2.05, 4.69) is 52.7 Å². The number of aromatic nitrogens is 2. The molecule has 7 heteroatoms. The summed E-state index contributed by atoms with van der Waals surface area (Å²) in [5.74, 6) is -0.0895. The number of hydrogen-bond donors (Lipinski definition) is 1. The highest BCUT2D eigenvalue weighted by Gasteiger charge is 2.25. The molecule has 6 nitrogen and oxygen atoms in total. The van der Waals surface area contributed by atoms with Crippen LogP contribution < -0.4 is 5.32 Å². The molecule has 1 aromatic carbocycles. The summed E-state index contributed by atoms with van der Waals surface area (Å²) in [6.45, 7) is 6.74. The highest BCUT2D eigenvalue weighted by molar-refractivity contribution is 7.97. The third-order valence-electron chi connectivity index (χ3n) is 5.17. The summed E-state index contributed by atoms with van der Waals surface area (Å²) >= 11 is 1.79. The van der Waals surface area contributed by atoms with Crippen molar-refractivity contribution in [1.82, 2.24) is 19.0 Å². The van der Waals surface area contributed by atoms with E-state index in [1.807, 2.05) is 16.7 Å². The van der Waals surface area contributed by atoms with Crippen molar-refractivity contribution in [2.45, 2.75) is 50.3 Å². The molecular formula is C23H28N4O2S. The first-order chi connectivity index (χ1) is 14.6. The average Bonchev–Trinajstić information content (AvgIpc) is 3.21. The fourth-order valence-electron chi connectivity index (χ4n) is 3.71. The number of hydrogen-bond acceptors (Lipinski definition) is 5. The van der Waals surface area contributed by atoms with Gasteiger partial charge >= 0.3 is 0 Å². The van der Waals surface area contributed by atoms with Crippen LogP contribution in [0.1, 0.15) is 42.6 Å². The number of nitrogens with zero attached hydrogens (tertiary/aromatic N) is 3. The Morgan fingerprint density at radius 1 is 1.23 bits per heavy atom. The van der Waals surface area contributed by atoms with Crippen molar-refractivity contribution in [1.29, 1.82) is 0 Å². The average molecular weight is 425 g/mol. The Morgan fingerprint density at radius 3 is 2.87 bits per heavy atom. The molecule has 158 valence electrons. The molecule has 3 heterocycles. The minimum atomic E-state index is -0.0895. The molecule has 0 radical (unpaired) electrons. The van der Waals surface area contributed by atoms with Crippen LogP contribution in [0.4, 0.5) is 0 Å². The maximum absolute atomic E-state index is 12.5. The molecule has 2 atom stereocenters. The lowest BCUT2D eigenvalue weighted by molar-refractivity contribution is -0.0546. The second-order valence-electron chi connectivity index (χ2n) is 7.73. The molecule has 2 aromatic heterocycles. The number of benzene rings is 1. The standard InChI is InChI=1S/C23H28N4O2S/c1-3-4-20-16-27(14-17(2)29-20)30-21-8-5-18(6-9-21)13-25-23(28)19-7-10-22-24-11-12-26(22)15-19/h5-12,15,17,20H,3-4,13-14,16H2,1-2H3,(H,25,28). The van der Waals surface area contributed by atoms with Crippen LogP contribution >= 0.6 is 11.9 Å². The minimum Gasteiger partial charge on any atom is -0.373 e. The van der Waals surface area contributed by atoms with Crippen LogP contribution in [0.15, 0.2) is 59.9 Å². The van der Waals surface area contributed by atoms with Gasteiger partial charge in [0.15, 0.2) is 0 Å². The molecule has 30 heavy (non-hydrogen) atoms. The molecule has 0 spiro atoms. The Balaban J connectivity index is 1.30. The molecule has 1 aliphatic rings. The summed E-state index contributed by atoms with van der Waals surface area (Å²) in [5.41, 5.74) is 2.53. The zero-order valence-corrected chi connectivity index (χ0v) is 18.3. The van der Waals surface area contributed by atoms with Crippen LogP contribution in [-0.2, 0) is 11.3 Å². The normalized spacial score (nSPS) is 19.8. The second kappa shape index (κ2) is 9.64.